The van der Waals surface area contributed by atoms with Gasteiger partial charge < -0.3 is 10.2 Å². The molecule has 2 rings (SSSR count). The van der Waals surface area contributed by atoms with E-state index >= 15 is 0 Å². The quantitative estimate of drug-likeness (QED) is 0.412. The lowest BCUT2D eigenvalue weighted by Gasteiger charge is -2.35. The molecule has 3 nitrogen and oxygen atoms in total. The Kier molecular flexibility index (Phi) is 8.52. The standard InChI is InChI=1S/C27H38O3/c1-19(11-13-22-18-23(26(29)30)14-16-25(22)28)8-6-9-20(2)12-15-24-21(3)10-7-17-27(24,4)5/h9,11,14,16,18,28H,6-8,10,12-13,15,17H2,1-5H3,(H,29,30)/b19-11+,20-9+. The zero-order chi connectivity index (χ0) is 22.3. The molecular formula is C27H38O3. The van der Waals surface area contributed by atoms with Crippen molar-refractivity contribution in [1.29, 1.82) is 0 Å². The number of benzene rings is 1. The summed E-state index contributed by atoms with van der Waals surface area (Å²) in [4.78, 5) is 11.1. The maximum atomic E-state index is 11.1. The molecule has 0 aliphatic heterocycles. The van der Waals surface area contributed by atoms with Crippen LogP contribution < -0.4 is 0 Å². The monoisotopic (exact) mass is 410 g/mol. The highest BCUT2D eigenvalue weighted by Gasteiger charge is 2.27. The van der Waals surface area contributed by atoms with Crippen LogP contribution in [0.5, 0.6) is 5.75 Å². The number of rotatable bonds is 9. The van der Waals surface area contributed by atoms with E-state index in [0.29, 0.717) is 17.4 Å². The van der Waals surface area contributed by atoms with Crippen LogP contribution in [0.2, 0.25) is 0 Å². The summed E-state index contributed by atoms with van der Waals surface area (Å²) in [7, 11) is 0. The summed E-state index contributed by atoms with van der Waals surface area (Å²) >= 11 is 0. The second kappa shape index (κ2) is 10.7. The lowest BCUT2D eigenvalue weighted by atomic mass is 9.71. The maximum absolute atomic E-state index is 11.1. The third-order valence-corrected chi connectivity index (χ3v) is 6.48. The summed E-state index contributed by atoms with van der Waals surface area (Å²) in [5.41, 5.74) is 7.20. The van der Waals surface area contributed by atoms with Crippen molar-refractivity contribution in [2.24, 2.45) is 5.41 Å². The van der Waals surface area contributed by atoms with E-state index in [1.54, 1.807) is 17.2 Å². The van der Waals surface area contributed by atoms with Crippen molar-refractivity contribution < 1.29 is 15.0 Å². The molecule has 0 heterocycles. The molecule has 0 radical (unpaired) electrons. The predicted molar refractivity (Wildman–Crippen MR) is 125 cm³/mol. The van der Waals surface area contributed by atoms with Gasteiger partial charge in [0.25, 0.3) is 0 Å². The van der Waals surface area contributed by atoms with E-state index in [2.05, 4.69) is 46.8 Å². The molecule has 1 aliphatic carbocycles. The minimum absolute atomic E-state index is 0.148. The van der Waals surface area contributed by atoms with Crippen LogP contribution in [0.1, 0.15) is 95.5 Å². The van der Waals surface area contributed by atoms with Crippen molar-refractivity contribution in [3.8, 4) is 5.75 Å². The molecule has 1 aromatic carbocycles. The van der Waals surface area contributed by atoms with E-state index in [-0.39, 0.29) is 11.3 Å². The number of carboxylic acid groups (broad SMARTS) is 1. The predicted octanol–water partition coefficient (Wildman–Crippen LogP) is 7.61. The number of aromatic hydroxyl groups is 1. The molecule has 164 valence electrons. The van der Waals surface area contributed by atoms with Gasteiger partial charge in [0.05, 0.1) is 5.56 Å². The van der Waals surface area contributed by atoms with Crippen molar-refractivity contribution in [2.75, 3.05) is 0 Å². The van der Waals surface area contributed by atoms with Crippen LogP contribution in [0.25, 0.3) is 0 Å². The molecule has 0 aromatic heterocycles. The number of aromatic carboxylic acids is 1. The number of carbonyl (C=O) groups is 1. The van der Waals surface area contributed by atoms with Gasteiger partial charge in [0, 0.05) is 0 Å². The van der Waals surface area contributed by atoms with E-state index in [1.807, 2.05) is 0 Å². The zero-order valence-electron chi connectivity index (χ0n) is 19.3. The molecule has 30 heavy (non-hydrogen) atoms. The fourth-order valence-electron chi connectivity index (χ4n) is 4.47. The fourth-order valence-corrected chi connectivity index (χ4v) is 4.47. The summed E-state index contributed by atoms with van der Waals surface area (Å²) in [5, 5.41) is 19.1. The van der Waals surface area contributed by atoms with Gasteiger partial charge in [-0.15, -0.1) is 0 Å². The maximum Gasteiger partial charge on any atom is 0.335 e. The van der Waals surface area contributed by atoms with E-state index < -0.39 is 5.97 Å². The summed E-state index contributed by atoms with van der Waals surface area (Å²) in [6.07, 6.45) is 13.2. The first kappa shape index (κ1) is 24.0. The molecular weight excluding hydrogens is 372 g/mol. The van der Waals surface area contributed by atoms with Crippen LogP contribution in [0.3, 0.4) is 0 Å². The fraction of sp³-hybridized carbons (Fsp3) is 0.519. The Morgan fingerprint density at radius 1 is 1.13 bits per heavy atom. The van der Waals surface area contributed by atoms with E-state index in [1.165, 1.54) is 49.0 Å². The minimum atomic E-state index is -0.972. The van der Waals surface area contributed by atoms with Crippen LogP contribution in [0, 0.1) is 5.41 Å². The normalized spacial score (nSPS) is 17.4. The van der Waals surface area contributed by atoms with Gasteiger partial charge in [0.2, 0.25) is 0 Å². The second-order valence-corrected chi connectivity index (χ2v) is 9.49. The molecule has 0 fully saturated rings. The Morgan fingerprint density at radius 2 is 1.83 bits per heavy atom. The number of phenols is 1. The van der Waals surface area contributed by atoms with Gasteiger partial charge in [0.15, 0.2) is 0 Å². The van der Waals surface area contributed by atoms with E-state index in [0.717, 1.165) is 19.3 Å². The lowest BCUT2D eigenvalue weighted by molar-refractivity contribution is 0.0696. The number of allylic oxidation sites excluding steroid dienone is 6. The molecule has 0 unspecified atom stereocenters. The summed E-state index contributed by atoms with van der Waals surface area (Å²) in [5.74, 6) is -0.824. The lowest BCUT2D eigenvalue weighted by Crippen LogP contribution is -2.20. The largest absolute Gasteiger partial charge is 0.508 e. The summed E-state index contributed by atoms with van der Waals surface area (Å²) in [6.45, 7) is 11.4. The average molecular weight is 411 g/mol. The highest BCUT2D eigenvalue weighted by Crippen LogP contribution is 2.42. The van der Waals surface area contributed by atoms with Crippen LogP contribution in [-0.2, 0) is 6.42 Å². The van der Waals surface area contributed by atoms with Gasteiger partial charge in [-0.1, -0.05) is 48.3 Å². The van der Waals surface area contributed by atoms with Crippen molar-refractivity contribution in [2.45, 2.75) is 86.0 Å². The second-order valence-electron chi connectivity index (χ2n) is 9.49. The Labute approximate surface area is 182 Å². The zero-order valence-corrected chi connectivity index (χ0v) is 19.3. The molecule has 0 amide bonds. The van der Waals surface area contributed by atoms with Crippen LogP contribution in [0.4, 0.5) is 0 Å². The van der Waals surface area contributed by atoms with Crippen LogP contribution >= 0.6 is 0 Å². The van der Waals surface area contributed by atoms with Gasteiger partial charge in [-0.05, 0) is 101 Å². The molecule has 0 atom stereocenters. The number of hydrogen-bond donors (Lipinski definition) is 2. The molecule has 0 saturated heterocycles. The third kappa shape index (κ3) is 6.90. The number of phenolic OH excluding ortho intramolecular Hbond substituents is 1. The minimum Gasteiger partial charge on any atom is -0.508 e. The van der Waals surface area contributed by atoms with Gasteiger partial charge in [-0.3, -0.25) is 0 Å². The average Bonchev–Trinajstić information content (AvgIpc) is 2.66. The third-order valence-electron chi connectivity index (χ3n) is 6.48. The SMILES string of the molecule is CC1=C(CC/C(C)=C/CC/C(C)=C/Cc2cc(C(=O)O)ccc2O)C(C)(C)CCC1. The topological polar surface area (TPSA) is 57.5 Å². The van der Waals surface area contributed by atoms with Crippen molar-refractivity contribution in [3.63, 3.8) is 0 Å². The molecule has 1 aromatic rings. The van der Waals surface area contributed by atoms with Crippen molar-refractivity contribution >= 4 is 5.97 Å². The number of hydrogen-bond acceptors (Lipinski definition) is 2. The molecule has 1 aliphatic rings. The van der Waals surface area contributed by atoms with Crippen molar-refractivity contribution in [3.05, 3.63) is 63.8 Å². The van der Waals surface area contributed by atoms with Gasteiger partial charge >= 0.3 is 5.97 Å². The first-order chi connectivity index (χ1) is 14.1. The smallest absolute Gasteiger partial charge is 0.335 e. The Hall–Kier alpha value is -2.29. The van der Waals surface area contributed by atoms with Crippen LogP contribution in [-0.4, -0.2) is 16.2 Å². The number of carboxylic acids is 1. The van der Waals surface area contributed by atoms with E-state index in [4.69, 9.17) is 5.11 Å². The molecule has 2 N–H and O–H groups in total. The highest BCUT2D eigenvalue weighted by molar-refractivity contribution is 5.88. The van der Waals surface area contributed by atoms with Gasteiger partial charge in [0.1, 0.15) is 5.75 Å². The first-order valence-corrected chi connectivity index (χ1v) is 11.2. The Morgan fingerprint density at radius 3 is 2.50 bits per heavy atom. The molecule has 0 bridgehead atoms. The Bertz CT molecular complexity index is 853. The first-order valence-electron chi connectivity index (χ1n) is 11.2. The molecule has 0 spiro atoms. The highest BCUT2D eigenvalue weighted by atomic mass is 16.4. The van der Waals surface area contributed by atoms with Gasteiger partial charge in [-0.2, -0.15) is 0 Å². The Balaban J connectivity index is 1.86. The summed E-state index contributed by atoms with van der Waals surface area (Å²) in [6, 6.07) is 4.44. The van der Waals surface area contributed by atoms with Crippen LogP contribution in [0.15, 0.2) is 52.6 Å². The molecule has 0 saturated carbocycles. The molecule has 3 heteroatoms. The summed E-state index contributed by atoms with van der Waals surface area (Å²) < 4.78 is 0. The van der Waals surface area contributed by atoms with Gasteiger partial charge in [-0.25, -0.2) is 4.79 Å². The van der Waals surface area contributed by atoms with E-state index in [9.17, 15) is 9.90 Å². The van der Waals surface area contributed by atoms with Crippen molar-refractivity contribution in [1.82, 2.24) is 0 Å².